The summed E-state index contributed by atoms with van der Waals surface area (Å²) in [5, 5.41) is 3.01. The minimum absolute atomic E-state index is 0.396. The van der Waals surface area contributed by atoms with Gasteiger partial charge in [0.25, 0.3) is 0 Å². The van der Waals surface area contributed by atoms with Crippen molar-refractivity contribution in [1.29, 1.82) is 0 Å². The molecule has 1 unspecified atom stereocenters. The molecular formula is C9H12FNO. The van der Waals surface area contributed by atoms with E-state index in [2.05, 4.69) is 5.32 Å². The lowest BCUT2D eigenvalue weighted by molar-refractivity contribution is 0.180. The summed E-state index contributed by atoms with van der Waals surface area (Å²) in [6.45, 7) is 1.23. The molecule has 0 amide bonds. The lowest BCUT2D eigenvalue weighted by Gasteiger charge is -2.15. The Morgan fingerprint density at radius 1 is 1.67 bits per heavy atom. The van der Waals surface area contributed by atoms with E-state index in [0.29, 0.717) is 19.4 Å². The van der Waals surface area contributed by atoms with Gasteiger partial charge in [-0.25, -0.2) is 4.39 Å². The summed E-state index contributed by atoms with van der Waals surface area (Å²) in [6.07, 6.45) is 2.57. The average Bonchev–Trinajstić information content (AvgIpc) is 2.62. The summed E-state index contributed by atoms with van der Waals surface area (Å²) < 4.78 is 18.8. The zero-order valence-corrected chi connectivity index (χ0v) is 6.85. The highest BCUT2D eigenvalue weighted by molar-refractivity contribution is 5.05. The Morgan fingerprint density at radius 2 is 2.58 bits per heavy atom. The molecule has 1 aliphatic heterocycles. The molecule has 1 saturated heterocycles. The van der Waals surface area contributed by atoms with Gasteiger partial charge in [0.15, 0.2) is 0 Å². The first kappa shape index (κ1) is 7.80. The molecule has 1 atom stereocenters. The van der Waals surface area contributed by atoms with E-state index in [9.17, 15) is 4.39 Å². The molecule has 1 fully saturated rings. The van der Waals surface area contributed by atoms with Crippen LogP contribution in [-0.4, -0.2) is 18.8 Å². The maximum absolute atomic E-state index is 13.8. The van der Waals surface area contributed by atoms with Gasteiger partial charge in [-0.05, 0) is 25.1 Å². The number of hydrogen-bond donors (Lipinski definition) is 1. The molecule has 3 heteroatoms. The second-order valence-electron chi connectivity index (χ2n) is 3.33. The number of rotatable bonds is 2. The normalized spacial score (nSPS) is 29.4. The smallest absolute Gasteiger partial charge is 0.131 e. The van der Waals surface area contributed by atoms with Gasteiger partial charge in [-0.2, -0.15) is 0 Å². The van der Waals surface area contributed by atoms with E-state index >= 15 is 0 Å². The van der Waals surface area contributed by atoms with E-state index in [1.54, 1.807) is 12.3 Å². The van der Waals surface area contributed by atoms with Gasteiger partial charge < -0.3 is 9.73 Å². The summed E-state index contributed by atoms with van der Waals surface area (Å²) in [7, 11) is 0. The van der Waals surface area contributed by atoms with Crippen molar-refractivity contribution in [2.75, 3.05) is 13.1 Å². The van der Waals surface area contributed by atoms with E-state index < -0.39 is 5.67 Å². The van der Waals surface area contributed by atoms with Crippen molar-refractivity contribution in [1.82, 2.24) is 5.32 Å². The van der Waals surface area contributed by atoms with E-state index in [-0.39, 0.29) is 0 Å². The molecular weight excluding hydrogens is 157 g/mol. The minimum atomic E-state index is -1.09. The van der Waals surface area contributed by atoms with Crippen molar-refractivity contribution in [2.45, 2.75) is 18.5 Å². The first-order valence-electron chi connectivity index (χ1n) is 4.21. The summed E-state index contributed by atoms with van der Waals surface area (Å²) in [5.74, 6) is 0.737. The van der Waals surface area contributed by atoms with Gasteiger partial charge in [-0.1, -0.05) is 0 Å². The van der Waals surface area contributed by atoms with Crippen LogP contribution in [0.1, 0.15) is 12.2 Å². The molecule has 0 radical (unpaired) electrons. The zero-order chi connectivity index (χ0) is 8.44. The molecule has 2 heterocycles. The highest BCUT2D eigenvalue weighted by Crippen LogP contribution is 2.24. The third-order valence-corrected chi connectivity index (χ3v) is 2.26. The van der Waals surface area contributed by atoms with Crippen molar-refractivity contribution in [2.24, 2.45) is 0 Å². The Balaban J connectivity index is 2.02. The average molecular weight is 169 g/mol. The molecule has 1 aliphatic rings. The third-order valence-electron chi connectivity index (χ3n) is 2.26. The SMILES string of the molecule is FC1(Cc2ccco2)CCNC1. The molecule has 0 aliphatic carbocycles. The molecule has 1 aromatic heterocycles. The van der Waals surface area contributed by atoms with Crippen LogP contribution in [0.15, 0.2) is 22.8 Å². The summed E-state index contributed by atoms with van der Waals surface area (Å²) in [6, 6.07) is 3.61. The minimum Gasteiger partial charge on any atom is -0.469 e. The van der Waals surface area contributed by atoms with Crippen LogP contribution in [0.3, 0.4) is 0 Å². The number of nitrogens with one attached hydrogen (secondary N) is 1. The fraction of sp³-hybridized carbons (Fsp3) is 0.556. The number of hydrogen-bond acceptors (Lipinski definition) is 2. The highest BCUT2D eigenvalue weighted by atomic mass is 19.1. The van der Waals surface area contributed by atoms with Crippen molar-refractivity contribution in [3.8, 4) is 0 Å². The molecule has 2 rings (SSSR count). The fourth-order valence-electron chi connectivity index (χ4n) is 1.59. The van der Waals surface area contributed by atoms with Crippen LogP contribution in [0.25, 0.3) is 0 Å². The van der Waals surface area contributed by atoms with Crippen molar-refractivity contribution < 1.29 is 8.81 Å². The Hall–Kier alpha value is -0.830. The number of halogens is 1. The monoisotopic (exact) mass is 169 g/mol. The quantitative estimate of drug-likeness (QED) is 0.726. The molecule has 66 valence electrons. The molecule has 2 nitrogen and oxygen atoms in total. The lowest BCUT2D eigenvalue weighted by Crippen LogP contribution is -2.28. The van der Waals surface area contributed by atoms with Crippen molar-refractivity contribution in [3.05, 3.63) is 24.2 Å². The van der Waals surface area contributed by atoms with Crippen LogP contribution in [0.2, 0.25) is 0 Å². The van der Waals surface area contributed by atoms with Crippen LogP contribution in [-0.2, 0) is 6.42 Å². The Morgan fingerprint density at radius 3 is 3.17 bits per heavy atom. The molecule has 1 aromatic rings. The summed E-state index contributed by atoms with van der Waals surface area (Å²) >= 11 is 0. The van der Waals surface area contributed by atoms with Gasteiger partial charge in [0, 0.05) is 13.0 Å². The molecule has 0 spiro atoms. The standard InChI is InChI=1S/C9H12FNO/c10-9(3-4-11-7-9)6-8-2-1-5-12-8/h1-2,5,11H,3-4,6-7H2. The van der Waals surface area contributed by atoms with Crippen LogP contribution in [0, 0.1) is 0 Å². The Labute approximate surface area is 70.8 Å². The highest BCUT2D eigenvalue weighted by Gasteiger charge is 2.34. The summed E-state index contributed by atoms with van der Waals surface area (Å²) in [4.78, 5) is 0. The molecule has 0 saturated carbocycles. The van der Waals surface area contributed by atoms with Gasteiger partial charge in [0.2, 0.25) is 0 Å². The Kier molecular flexibility index (Phi) is 1.89. The largest absolute Gasteiger partial charge is 0.469 e. The van der Waals surface area contributed by atoms with Crippen LogP contribution >= 0.6 is 0 Å². The van der Waals surface area contributed by atoms with Gasteiger partial charge in [0.05, 0.1) is 6.26 Å². The predicted molar refractivity (Wildman–Crippen MR) is 43.7 cm³/mol. The van der Waals surface area contributed by atoms with Crippen LogP contribution in [0.4, 0.5) is 4.39 Å². The van der Waals surface area contributed by atoms with Crippen molar-refractivity contribution >= 4 is 0 Å². The van der Waals surface area contributed by atoms with Gasteiger partial charge in [-0.15, -0.1) is 0 Å². The number of furan rings is 1. The van der Waals surface area contributed by atoms with Gasteiger partial charge >= 0.3 is 0 Å². The topological polar surface area (TPSA) is 25.2 Å². The Bertz CT molecular complexity index is 239. The second-order valence-corrected chi connectivity index (χ2v) is 3.33. The molecule has 0 aromatic carbocycles. The second kappa shape index (κ2) is 2.90. The van der Waals surface area contributed by atoms with E-state index in [0.717, 1.165) is 12.3 Å². The fourth-order valence-corrected chi connectivity index (χ4v) is 1.59. The van der Waals surface area contributed by atoms with Gasteiger partial charge in [-0.3, -0.25) is 0 Å². The number of alkyl halides is 1. The maximum Gasteiger partial charge on any atom is 0.131 e. The first-order valence-corrected chi connectivity index (χ1v) is 4.21. The molecule has 0 bridgehead atoms. The maximum atomic E-state index is 13.8. The van der Waals surface area contributed by atoms with Crippen molar-refractivity contribution in [3.63, 3.8) is 0 Å². The van der Waals surface area contributed by atoms with E-state index in [1.165, 1.54) is 0 Å². The first-order chi connectivity index (χ1) is 5.79. The van der Waals surface area contributed by atoms with Crippen LogP contribution < -0.4 is 5.32 Å². The molecule has 12 heavy (non-hydrogen) atoms. The van der Waals surface area contributed by atoms with E-state index in [4.69, 9.17) is 4.42 Å². The molecule has 1 N–H and O–H groups in total. The predicted octanol–water partition coefficient (Wildman–Crippen LogP) is 1.52. The zero-order valence-electron chi connectivity index (χ0n) is 6.85. The van der Waals surface area contributed by atoms with E-state index in [1.807, 2.05) is 6.07 Å². The van der Waals surface area contributed by atoms with Gasteiger partial charge in [0.1, 0.15) is 11.4 Å². The lowest BCUT2D eigenvalue weighted by atomic mass is 10.00. The van der Waals surface area contributed by atoms with Crippen LogP contribution in [0.5, 0.6) is 0 Å². The summed E-state index contributed by atoms with van der Waals surface area (Å²) in [5.41, 5.74) is -1.09. The third kappa shape index (κ3) is 1.50.